The monoisotopic (exact) mass is 140 g/mol. The van der Waals surface area contributed by atoms with Crippen molar-refractivity contribution in [2.24, 2.45) is 4.99 Å². The van der Waals surface area contributed by atoms with Gasteiger partial charge in [-0.25, -0.2) is 0 Å². The molecule has 0 heterocycles. The van der Waals surface area contributed by atoms with Crippen LogP contribution in [-0.2, 0) is 0 Å². The van der Waals surface area contributed by atoms with Gasteiger partial charge in [0.05, 0.1) is 5.70 Å². The number of nitrogens with zero attached hydrogens (tertiary/aromatic N) is 2. The second-order valence-corrected chi connectivity index (χ2v) is 2.41. The number of hydrogen-bond donors (Lipinski definition) is 0. The molecule has 58 valence electrons. The molecular weight excluding hydrogens is 124 g/mol. The van der Waals surface area contributed by atoms with Gasteiger partial charge in [0.1, 0.15) is 0 Å². The molecule has 10 heavy (non-hydrogen) atoms. The SMILES string of the molecule is C=N/C(C)=C\N(C)CCC. The minimum atomic E-state index is 0.968. The second-order valence-electron chi connectivity index (χ2n) is 2.41. The molecule has 2 heteroatoms. The minimum Gasteiger partial charge on any atom is -0.379 e. The molecule has 0 radical (unpaired) electrons. The smallest absolute Gasteiger partial charge is 0.0523 e. The molecule has 0 aromatic carbocycles. The van der Waals surface area contributed by atoms with E-state index in [2.05, 4.69) is 23.5 Å². The fourth-order valence-electron chi connectivity index (χ4n) is 0.777. The van der Waals surface area contributed by atoms with E-state index in [4.69, 9.17) is 0 Å². The van der Waals surface area contributed by atoms with Gasteiger partial charge in [-0.3, -0.25) is 4.99 Å². The molecule has 0 aliphatic carbocycles. The van der Waals surface area contributed by atoms with E-state index in [-0.39, 0.29) is 0 Å². The molecule has 0 rings (SSSR count). The maximum Gasteiger partial charge on any atom is 0.0523 e. The Balaban J connectivity index is 3.73. The summed E-state index contributed by atoms with van der Waals surface area (Å²) in [6.45, 7) is 8.60. The van der Waals surface area contributed by atoms with Crippen LogP contribution in [0.2, 0.25) is 0 Å². The van der Waals surface area contributed by atoms with Gasteiger partial charge in [-0.15, -0.1) is 0 Å². The van der Waals surface area contributed by atoms with E-state index in [1.807, 2.05) is 20.2 Å². The van der Waals surface area contributed by atoms with E-state index in [0.29, 0.717) is 0 Å². The predicted molar refractivity (Wildman–Crippen MR) is 46.2 cm³/mol. The minimum absolute atomic E-state index is 0.968. The largest absolute Gasteiger partial charge is 0.379 e. The van der Waals surface area contributed by atoms with Crippen LogP contribution < -0.4 is 0 Å². The molecule has 0 fully saturated rings. The van der Waals surface area contributed by atoms with E-state index < -0.39 is 0 Å². The maximum atomic E-state index is 3.78. The third-order valence-corrected chi connectivity index (χ3v) is 1.23. The number of aliphatic imine (C=N–C) groups is 1. The Hall–Kier alpha value is -0.790. The number of rotatable bonds is 4. The van der Waals surface area contributed by atoms with Gasteiger partial charge in [0.15, 0.2) is 0 Å². The lowest BCUT2D eigenvalue weighted by atomic mass is 10.4. The second kappa shape index (κ2) is 5.03. The summed E-state index contributed by atoms with van der Waals surface area (Å²) in [5, 5.41) is 0. The molecule has 0 saturated carbocycles. The standard InChI is InChI=1S/C8H16N2/c1-5-6-10(4)7-8(2)9-3/h7H,3,5-6H2,1-2,4H3/b8-7-. The van der Waals surface area contributed by atoms with Crippen LogP contribution in [0.15, 0.2) is 16.9 Å². The van der Waals surface area contributed by atoms with Gasteiger partial charge in [-0.1, -0.05) is 6.92 Å². The highest BCUT2D eigenvalue weighted by atomic mass is 15.1. The average Bonchev–Trinajstić information content (AvgIpc) is 1.88. The summed E-state index contributed by atoms with van der Waals surface area (Å²) < 4.78 is 0. The van der Waals surface area contributed by atoms with Crippen molar-refractivity contribution in [3.05, 3.63) is 11.9 Å². The average molecular weight is 140 g/mol. The molecule has 0 saturated heterocycles. The number of allylic oxidation sites excluding steroid dienone is 1. The molecule has 0 amide bonds. The van der Waals surface area contributed by atoms with Gasteiger partial charge in [0, 0.05) is 19.8 Å². The van der Waals surface area contributed by atoms with Gasteiger partial charge in [0.25, 0.3) is 0 Å². The summed E-state index contributed by atoms with van der Waals surface area (Å²) >= 11 is 0. The van der Waals surface area contributed by atoms with E-state index >= 15 is 0 Å². The van der Waals surface area contributed by atoms with Crippen molar-refractivity contribution in [1.29, 1.82) is 0 Å². The lowest BCUT2D eigenvalue weighted by Gasteiger charge is -2.11. The van der Waals surface area contributed by atoms with Crippen LogP contribution in [0.3, 0.4) is 0 Å². The summed E-state index contributed by atoms with van der Waals surface area (Å²) in [4.78, 5) is 5.90. The van der Waals surface area contributed by atoms with Crippen molar-refractivity contribution in [1.82, 2.24) is 4.90 Å². The molecule has 0 bridgehead atoms. The Morgan fingerprint density at radius 3 is 2.70 bits per heavy atom. The van der Waals surface area contributed by atoms with Gasteiger partial charge < -0.3 is 4.90 Å². The summed E-state index contributed by atoms with van der Waals surface area (Å²) in [6, 6.07) is 0. The topological polar surface area (TPSA) is 15.6 Å². The Morgan fingerprint density at radius 1 is 1.70 bits per heavy atom. The normalized spacial score (nSPS) is 11.3. The van der Waals surface area contributed by atoms with Crippen LogP contribution in [0.5, 0.6) is 0 Å². The summed E-state index contributed by atoms with van der Waals surface area (Å²) in [5.74, 6) is 0. The van der Waals surface area contributed by atoms with Crippen molar-refractivity contribution in [2.45, 2.75) is 20.3 Å². The molecular formula is C8H16N2. The zero-order chi connectivity index (χ0) is 7.98. The lowest BCUT2D eigenvalue weighted by Crippen LogP contribution is -2.11. The van der Waals surface area contributed by atoms with Crippen LogP contribution in [-0.4, -0.2) is 25.2 Å². The molecule has 0 aromatic rings. The first-order valence-electron chi connectivity index (χ1n) is 3.56. The lowest BCUT2D eigenvalue weighted by molar-refractivity contribution is 0.450. The Bertz CT molecular complexity index is 127. The molecule has 0 atom stereocenters. The summed E-state index contributed by atoms with van der Waals surface area (Å²) in [6.07, 6.45) is 3.16. The van der Waals surface area contributed by atoms with E-state index in [9.17, 15) is 0 Å². The number of hydrogen-bond acceptors (Lipinski definition) is 2. The summed E-state index contributed by atoms with van der Waals surface area (Å²) in [5.41, 5.74) is 0.968. The Kier molecular flexibility index (Phi) is 4.63. The molecule has 0 unspecified atom stereocenters. The van der Waals surface area contributed by atoms with Crippen LogP contribution >= 0.6 is 0 Å². The quantitative estimate of drug-likeness (QED) is 0.544. The summed E-state index contributed by atoms with van der Waals surface area (Å²) in [7, 11) is 2.04. The fraction of sp³-hybridized carbons (Fsp3) is 0.625. The highest BCUT2D eigenvalue weighted by molar-refractivity contribution is 5.27. The van der Waals surface area contributed by atoms with Crippen LogP contribution in [0.4, 0.5) is 0 Å². The first-order valence-corrected chi connectivity index (χ1v) is 3.56. The fourth-order valence-corrected chi connectivity index (χ4v) is 0.777. The van der Waals surface area contributed by atoms with Gasteiger partial charge in [0.2, 0.25) is 0 Å². The van der Waals surface area contributed by atoms with Crippen molar-refractivity contribution >= 4 is 6.72 Å². The third-order valence-electron chi connectivity index (χ3n) is 1.23. The maximum absolute atomic E-state index is 3.78. The molecule has 0 spiro atoms. The highest BCUT2D eigenvalue weighted by Crippen LogP contribution is 1.95. The Morgan fingerprint density at radius 2 is 2.30 bits per heavy atom. The van der Waals surface area contributed by atoms with Crippen LogP contribution in [0, 0.1) is 0 Å². The molecule has 2 nitrogen and oxygen atoms in total. The molecule has 0 aliphatic heterocycles. The first kappa shape index (κ1) is 9.21. The first-order chi connectivity index (χ1) is 4.70. The van der Waals surface area contributed by atoms with Crippen molar-refractivity contribution in [3.63, 3.8) is 0 Å². The zero-order valence-electron chi connectivity index (χ0n) is 7.09. The van der Waals surface area contributed by atoms with Crippen molar-refractivity contribution in [2.75, 3.05) is 13.6 Å². The van der Waals surface area contributed by atoms with Crippen molar-refractivity contribution in [3.8, 4) is 0 Å². The van der Waals surface area contributed by atoms with E-state index in [1.54, 1.807) is 0 Å². The van der Waals surface area contributed by atoms with Crippen LogP contribution in [0.25, 0.3) is 0 Å². The highest BCUT2D eigenvalue weighted by Gasteiger charge is 1.88. The molecule has 0 N–H and O–H groups in total. The zero-order valence-corrected chi connectivity index (χ0v) is 7.09. The Labute approximate surface area is 63.3 Å². The van der Waals surface area contributed by atoms with Gasteiger partial charge in [-0.2, -0.15) is 0 Å². The van der Waals surface area contributed by atoms with Gasteiger partial charge in [-0.05, 0) is 20.1 Å². The third kappa shape index (κ3) is 4.13. The molecule has 0 aliphatic rings. The van der Waals surface area contributed by atoms with Crippen LogP contribution in [0.1, 0.15) is 20.3 Å². The van der Waals surface area contributed by atoms with E-state index in [1.165, 1.54) is 0 Å². The van der Waals surface area contributed by atoms with Gasteiger partial charge >= 0.3 is 0 Å². The van der Waals surface area contributed by atoms with E-state index in [0.717, 1.165) is 18.7 Å². The molecule has 0 aromatic heterocycles. The van der Waals surface area contributed by atoms with Crippen molar-refractivity contribution < 1.29 is 0 Å². The predicted octanol–water partition coefficient (Wildman–Crippen LogP) is 1.89.